The zero-order chi connectivity index (χ0) is 23.0. The molecule has 0 aromatic heterocycles. The predicted molar refractivity (Wildman–Crippen MR) is 111 cm³/mol. The van der Waals surface area contributed by atoms with E-state index >= 15 is 0 Å². The van der Waals surface area contributed by atoms with Crippen LogP contribution in [0, 0.1) is 6.92 Å². The molecule has 0 aliphatic carbocycles. The molecule has 0 bridgehead atoms. The Morgan fingerprint density at radius 3 is 2.29 bits per heavy atom. The van der Waals surface area contributed by atoms with Gasteiger partial charge in [-0.3, -0.25) is 14.4 Å². The summed E-state index contributed by atoms with van der Waals surface area (Å²) in [5, 5.41) is 9.97. The van der Waals surface area contributed by atoms with Crippen LogP contribution in [0.4, 0.5) is 24.5 Å². The molecule has 0 aliphatic rings. The van der Waals surface area contributed by atoms with Crippen LogP contribution in [0.2, 0.25) is 5.02 Å². The highest BCUT2D eigenvalue weighted by atomic mass is 35.5. The summed E-state index contributed by atoms with van der Waals surface area (Å²) in [5.74, 6) is -1.95. The van der Waals surface area contributed by atoms with Gasteiger partial charge in [0.15, 0.2) is 0 Å². The number of rotatable bonds is 8. The molecule has 0 saturated carbocycles. The quantitative estimate of drug-likeness (QED) is 0.490. The van der Waals surface area contributed by atoms with E-state index in [0.29, 0.717) is 16.3 Å². The maximum atomic E-state index is 12.3. The number of halogens is 4. The maximum absolute atomic E-state index is 12.3. The number of amides is 3. The first-order chi connectivity index (χ1) is 14.6. The van der Waals surface area contributed by atoms with Crippen molar-refractivity contribution in [1.82, 2.24) is 10.6 Å². The average Bonchev–Trinajstić information content (AvgIpc) is 2.72. The van der Waals surface area contributed by atoms with Crippen molar-refractivity contribution in [3.8, 4) is 0 Å². The average molecular weight is 457 g/mol. The predicted octanol–water partition coefficient (Wildman–Crippen LogP) is 3.11. The van der Waals surface area contributed by atoms with E-state index < -0.39 is 30.4 Å². The molecular weight excluding hydrogens is 437 g/mol. The van der Waals surface area contributed by atoms with E-state index in [1.165, 1.54) is 18.2 Å². The van der Waals surface area contributed by atoms with Crippen molar-refractivity contribution in [2.75, 3.05) is 30.3 Å². The Kier molecular flexibility index (Phi) is 8.26. The Morgan fingerprint density at radius 2 is 1.58 bits per heavy atom. The third-order valence-corrected chi connectivity index (χ3v) is 4.46. The molecule has 11 heteroatoms. The topological polar surface area (TPSA) is 99.3 Å². The Balaban J connectivity index is 1.85. The van der Waals surface area contributed by atoms with E-state index in [0.717, 1.165) is 0 Å². The lowest BCUT2D eigenvalue weighted by atomic mass is 10.1. The third-order valence-electron chi connectivity index (χ3n) is 4.05. The van der Waals surface area contributed by atoms with Crippen LogP contribution in [0.3, 0.4) is 0 Å². The number of alkyl halides is 3. The molecule has 2 rings (SSSR count). The lowest BCUT2D eigenvalue weighted by Crippen LogP contribution is -2.37. The fraction of sp³-hybridized carbons (Fsp3) is 0.250. The zero-order valence-electron chi connectivity index (χ0n) is 16.4. The molecule has 2 aromatic carbocycles. The second kappa shape index (κ2) is 10.7. The van der Waals surface area contributed by atoms with Gasteiger partial charge in [0.1, 0.15) is 6.54 Å². The Hall–Kier alpha value is -3.27. The molecule has 7 nitrogen and oxygen atoms in total. The maximum Gasteiger partial charge on any atom is 0.405 e. The number of nitrogens with one attached hydrogen (secondary N) is 4. The molecule has 0 aliphatic heterocycles. The number of hydrogen-bond acceptors (Lipinski definition) is 4. The van der Waals surface area contributed by atoms with Crippen LogP contribution in [-0.2, 0) is 9.59 Å². The van der Waals surface area contributed by atoms with E-state index in [9.17, 15) is 27.6 Å². The van der Waals surface area contributed by atoms with Crippen molar-refractivity contribution in [3.05, 3.63) is 58.6 Å². The lowest BCUT2D eigenvalue weighted by molar-refractivity contribution is -0.123. The number of carbonyl (C=O) groups is 3. The summed E-state index contributed by atoms with van der Waals surface area (Å²) in [6.07, 6.45) is -4.54. The molecule has 0 fully saturated rings. The molecule has 0 spiro atoms. The minimum absolute atomic E-state index is 0.0475. The summed E-state index contributed by atoms with van der Waals surface area (Å²) in [5.41, 5.74) is 1.33. The Labute approximate surface area is 181 Å². The number of para-hydroxylation sites is 1. The summed E-state index contributed by atoms with van der Waals surface area (Å²) in [7, 11) is 0. The molecule has 0 unspecified atom stereocenters. The molecule has 3 amide bonds. The van der Waals surface area contributed by atoms with Crippen LogP contribution in [0.5, 0.6) is 0 Å². The standard InChI is InChI=1S/C20H20ClF3N4O3/c1-12-14(21)6-4-8-15(12)28-18(30)10-26-17(29)9-25-16-7-3-2-5-13(16)19(31)27-11-20(22,23)24/h2-8,25H,9-11H2,1H3,(H,26,29)(H,27,31)(H,28,30). The Bertz CT molecular complexity index is 967. The molecule has 2 aromatic rings. The second-order valence-electron chi connectivity index (χ2n) is 6.43. The van der Waals surface area contributed by atoms with Gasteiger partial charge in [-0.15, -0.1) is 0 Å². The Morgan fingerprint density at radius 1 is 0.903 bits per heavy atom. The van der Waals surface area contributed by atoms with Crippen LogP contribution in [0.1, 0.15) is 15.9 Å². The molecule has 4 N–H and O–H groups in total. The number of anilines is 2. The molecular formula is C20H20ClF3N4O3. The van der Waals surface area contributed by atoms with Gasteiger partial charge in [0.25, 0.3) is 5.91 Å². The highest BCUT2D eigenvalue weighted by Gasteiger charge is 2.28. The van der Waals surface area contributed by atoms with Gasteiger partial charge in [-0.05, 0) is 36.8 Å². The van der Waals surface area contributed by atoms with Gasteiger partial charge in [-0.1, -0.05) is 29.8 Å². The van der Waals surface area contributed by atoms with Gasteiger partial charge < -0.3 is 21.3 Å². The number of carbonyl (C=O) groups excluding carboxylic acids is 3. The molecule has 31 heavy (non-hydrogen) atoms. The van der Waals surface area contributed by atoms with Gasteiger partial charge in [-0.2, -0.15) is 13.2 Å². The summed E-state index contributed by atoms with van der Waals surface area (Å²) in [6.45, 7) is -0.335. The summed E-state index contributed by atoms with van der Waals surface area (Å²) in [6, 6.07) is 10.8. The van der Waals surface area contributed by atoms with Gasteiger partial charge in [0.2, 0.25) is 11.8 Å². The van der Waals surface area contributed by atoms with E-state index in [2.05, 4.69) is 16.0 Å². The SMILES string of the molecule is Cc1c(Cl)cccc1NC(=O)CNC(=O)CNc1ccccc1C(=O)NCC(F)(F)F. The monoisotopic (exact) mass is 456 g/mol. The molecule has 166 valence electrons. The number of hydrogen-bond donors (Lipinski definition) is 4. The number of benzene rings is 2. The lowest BCUT2D eigenvalue weighted by Gasteiger charge is -2.13. The van der Waals surface area contributed by atoms with E-state index in [1.807, 2.05) is 0 Å². The van der Waals surface area contributed by atoms with Crippen molar-refractivity contribution in [3.63, 3.8) is 0 Å². The van der Waals surface area contributed by atoms with Crippen molar-refractivity contribution < 1.29 is 27.6 Å². The first-order valence-corrected chi connectivity index (χ1v) is 9.44. The van der Waals surface area contributed by atoms with Crippen molar-refractivity contribution in [1.29, 1.82) is 0 Å². The van der Waals surface area contributed by atoms with Gasteiger partial charge >= 0.3 is 6.18 Å². The van der Waals surface area contributed by atoms with Crippen molar-refractivity contribution in [2.24, 2.45) is 0 Å². The fourth-order valence-corrected chi connectivity index (χ4v) is 2.64. The van der Waals surface area contributed by atoms with Crippen LogP contribution in [-0.4, -0.2) is 43.5 Å². The summed E-state index contributed by atoms with van der Waals surface area (Å²) < 4.78 is 36.9. The molecule has 0 saturated heterocycles. The second-order valence-corrected chi connectivity index (χ2v) is 6.84. The first kappa shape index (κ1) is 24.0. The molecule has 0 radical (unpaired) electrons. The molecule has 0 atom stereocenters. The van der Waals surface area contributed by atoms with Gasteiger partial charge in [0, 0.05) is 16.4 Å². The van der Waals surface area contributed by atoms with Crippen LogP contribution in [0.25, 0.3) is 0 Å². The van der Waals surface area contributed by atoms with Crippen LogP contribution < -0.4 is 21.3 Å². The first-order valence-electron chi connectivity index (χ1n) is 9.06. The van der Waals surface area contributed by atoms with E-state index in [4.69, 9.17) is 11.6 Å². The smallest absolute Gasteiger partial charge is 0.376 e. The van der Waals surface area contributed by atoms with E-state index in [1.54, 1.807) is 36.5 Å². The fourth-order valence-electron chi connectivity index (χ4n) is 2.47. The largest absolute Gasteiger partial charge is 0.405 e. The van der Waals surface area contributed by atoms with Gasteiger partial charge in [-0.25, -0.2) is 0 Å². The normalized spacial score (nSPS) is 10.9. The van der Waals surface area contributed by atoms with Crippen LogP contribution in [0.15, 0.2) is 42.5 Å². The zero-order valence-corrected chi connectivity index (χ0v) is 17.2. The summed E-state index contributed by atoms with van der Waals surface area (Å²) >= 11 is 5.99. The highest BCUT2D eigenvalue weighted by Crippen LogP contribution is 2.22. The van der Waals surface area contributed by atoms with Crippen molar-refractivity contribution >= 4 is 40.7 Å². The minimum Gasteiger partial charge on any atom is -0.376 e. The third kappa shape index (κ3) is 7.82. The molecule has 0 heterocycles. The van der Waals surface area contributed by atoms with E-state index in [-0.39, 0.29) is 24.3 Å². The summed E-state index contributed by atoms with van der Waals surface area (Å²) in [4.78, 5) is 36.0. The highest BCUT2D eigenvalue weighted by molar-refractivity contribution is 6.31. The van der Waals surface area contributed by atoms with Crippen molar-refractivity contribution in [2.45, 2.75) is 13.1 Å². The minimum atomic E-state index is -4.54. The van der Waals surface area contributed by atoms with Crippen LogP contribution >= 0.6 is 11.6 Å². The van der Waals surface area contributed by atoms with Gasteiger partial charge in [0.05, 0.1) is 18.7 Å².